The van der Waals surface area contributed by atoms with Crippen LogP contribution in [0.1, 0.15) is 18.4 Å². The van der Waals surface area contributed by atoms with E-state index in [1.807, 2.05) is 30.9 Å². The summed E-state index contributed by atoms with van der Waals surface area (Å²) in [5.41, 5.74) is 9.40. The van der Waals surface area contributed by atoms with Crippen LogP contribution in [0.15, 0.2) is 36.9 Å². The fourth-order valence-corrected chi connectivity index (χ4v) is 2.59. The molecule has 0 aliphatic rings. The first-order chi connectivity index (χ1) is 9.75. The SMILES string of the molecule is Cc1cccc2nc(N)n(CCCCn3ccnc3)c12. The Labute approximate surface area is 118 Å². The first-order valence-corrected chi connectivity index (χ1v) is 6.93. The minimum Gasteiger partial charge on any atom is -0.369 e. The number of rotatable bonds is 5. The Morgan fingerprint density at radius 1 is 1.20 bits per heavy atom. The van der Waals surface area contributed by atoms with Crippen LogP contribution in [0, 0.1) is 6.92 Å². The molecule has 2 heterocycles. The summed E-state index contributed by atoms with van der Waals surface area (Å²) in [4.78, 5) is 8.47. The summed E-state index contributed by atoms with van der Waals surface area (Å²) in [6, 6.07) is 6.14. The monoisotopic (exact) mass is 269 g/mol. The zero-order chi connectivity index (χ0) is 13.9. The average Bonchev–Trinajstić information content (AvgIpc) is 3.03. The maximum absolute atomic E-state index is 6.04. The Morgan fingerprint density at radius 2 is 2.05 bits per heavy atom. The minimum atomic E-state index is 0.608. The van der Waals surface area contributed by atoms with Crippen LogP contribution in [-0.2, 0) is 13.1 Å². The van der Waals surface area contributed by atoms with Crippen molar-refractivity contribution in [3.8, 4) is 0 Å². The van der Waals surface area contributed by atoms with Gasteiger partial charge < -0.3 is 14.9 Å². The fourth-order valence-electron chi connectivity index (χ4n) is 2.59. The Balaban J connectivity index is 1.69. The molecular weight excluding hydrogens is 250 g/mol. The first-order valence-electron chi connectivity index (χ1n) is 6.93. The van der Waals surface area contributed by atoms with Gasteiger partial charge in [0.15, 0.2) is 0 Å². The van der Waals surface area contributed by atoms with Crippen LogP contribution in [0.3, 0.4) is 0 Å². The van der Waals surface area contributed by atoms with Crippen molar-refractivity contribution in [2.24, 2.45) is 0 Å². The average molecular weight is 269 g/mol. The molecule has 0 aliphatic heterocycles. The number of nitrogen functional groups attached to an aromatic ring is 1. The molecule has 3 aromatic rings. The van der Waals surface area contributed by atoms with Gasteiger partial charge in [0.25, 0.3) is 0 Å². The lowest BCUT2D eigenvalue weighted by Crippen LogP contribution is -2.05. The van der Waals surface area contributed by atoms with Gasteiger partial charge in [-0.15, -0.1) is 0 Å². The summed E-state index contributed by atoms with van der Waals surface area (Å²) in [6.45, 7) is 4.00. The molecule has 3 rings (SSSR count). The molecule has 5 heteroatoms. The van der Waals surface area contributed by atoms with E-state index in [4.69, 9.17) is 5.73 Å². The molecule has 2 aromatic heterocycles. The summed E-state index contributed by atoms with van der Waals surface area (Å²) in [7, 11) is 0. The number of aryl methyl sites for hydroxylation is 3. The van der Waals surface area contributed by atoms with Crippen molar-refractivity contribution >= 4 is 17.0 Å². The molecule has 2 N–H and O–H groups in total. The third kappa shape index (κ3) is 2.39. The molecule has 0 fully saturated rings. The van der Waals surface area contributed by atoms with Gasteiger partial charge in [-0.25, -0.2) is 9.97 Å². The lowest BCUT2D eigenvalue weighted by Gasteiger charge is -2.08. The van der Waals surface area contributed by atoms with E-state index in [9.17, 15) is 0 Å². The number of nitrogens with two attached hydrogens (primary N) is 1. The van der Waals surface area contributed by atoms with Crippen LogP contribution in [0.25, 0.3) is 11.0 Å². The van der Waals surface area contributed by atoms with E-state index >= 15 is 0 Å². The number of anilines is 1. The quantitative estimate of drug-likeness (QED) is 0.724. The van der Waals surface area contributed by atoms with E-state index in [0.29, 0.717) is 5.95 Å². The third-order valence-corrected chi connectivity index (χ3v) is 3.61. The van der Waals surface area contributed by atoms with E-state index < -0.39 is 0 Å². The molecule has 0 bridgehead atoms. The van der Waals surface area contributed by atoms with Crippen molar-refractivity contribution in [1.29, 1.82) is 0 Å². The lowest BCUT2D eigenvalue weighted by molar-refractivity contribution is 0.562. The van der Waals surface area contributed by atoms with Crippen molar-refractivity contribution in [2.75, 3.05) is 5.73 Å². The molecular formula is C15H19N5. The van der Waals surface area contributed by atoms with Crippen LogP contribution in [0.2, 0.25) is 0 Å². The second kappa shape index (κ2) is 5.36. The number of unbranched alkanes of at least 4 members (excludes halogenated alkanes) is 1. The van der Waals surface area contributed by atoms with E-state index in [1.165, 1.54) is 5.56 Å². The second-order valence-corrected chi connectivity index (χ2v) is 5.07. The van der Waals surface area contributed by atoms with E-state index in [1.54, 1.807) is 0 Å². The van der Waals surface area contributed by atoms with Crippen molar-refractivity contribution in [3.05, 3.63) is 42.5 Å². The van der Waals surface area contributed by atoms with Crippen LogP contribution < -0.4 is 5.73 Å². The highest BCUT2D eigenvalue weighted by molar-refractivity contribution is 5.81. The van der Waals surface area contributed by atoms with Crippen LogP contribution in [-0.4, -0.2) is 19.1 Å². The predicted molar refractivity (Wildman–Crippen MR) is 80.3 cm³/mol. The van der Waals surface area contributed by atoms with Gasteiger partial charge in [0.2, 0.25) is 5.95 Å². The zero-order valence-electron chi connectivity index (χ0n) is 11.7. The summed E-state index contributed by atoms with van der Waals surface area (Å²) in [5.74, 6) is 0.608. The van der Waals surface area contributed by atoms with Crippen LogP contribution in [0.5, 0.6) is 0 Å². The molecule has 0 saturated carbocycles. The Morgan fingerprint density at radius 3 is 2.85 bits per heavy atom. The molecule has 0 unspecified atom stereocenters. The molecule has 5 nitrogen and oxygen atoms in total. The summed E-state index contributed by atoms with van der Waals surface area (Å²) in [6.07, 6.45) is 7.82. The number of aromatic nitrogens is 4. The molecule has 104 valence electrons. The highest BCUT2D eigenvalue weighted by Gasteiger charge is 2.09. The molecule has 1 aromatic carbocycles. The maximum atomic E-state index is 6.04. The molecule has 0 aliphatic carbocycles. The molecule has 0 radical (unpaired) electrons. The minimum absolute atomic E-state index is 0.608. The third-order valence-electron chi connectivity index (χ3n) is 3.61. The standard InChI is InChI=1S/C15H19N5/c1-12-5-4-6-13-14(12)20(15(16)18-13)9-3-2-8-19-10-7-17-11-19/h4-7,10-11H,2-3,8-9H2,1H3,(H2,16,18). The van der Waals surface area contributed by atoms with Gasteiger partial charge in [-0.1, -0.05) is 12.1 Å². The Kier molecular flexibility index (Phi) is 3.41. The number of benzene rings is 1. The first kappa shape index (κ1) is 12.7. The van der Waals surface area contributed by atoms with Crippen molar-refractivity contribution in [1.82, 2.24) is 19.1 Å². The van der Waals surface area contributed by atoms with Gasteiger partial charge in [0.1, 0.15) is 0 Å². The highest BCUT2D eigenvalue weighted by Crippen LogP contribution is 2.21. The van der Waals surface area contributed by atoms with E-state index in [2.05, 4.69) is 32.1 Å². The van der Waals surface area contributed by atoms with Gasteiger partial charge in [0, 0.05) is 25.5 Å². The number of imidazole rings is 2. The van der Waals surface area contributed by atoms with Gasteiger partial charge in [-0.05, 0) is 31.4 Å². The van der Waals surface area contributed by atoms with Crippen molar-refractivity contribution in [3.63, 3.8) is 0 Å². The highest BCUT2D eigenvalue weighted by atomic mass is 15.1. The molecule has 0 spiro atoms. The smallest absolute Gasteiger partial charge is 0.201 e. The summed E-state index contributed by atoms with van der Waals surface area (Å²) in [5, 5.41) is 0. The molecule has 0 atom stereocenters. The zero-order valence-corrected chi connectivity index (χ0v) is 11.7. The molecule has 0 amide bonds. The topological polar surface area (TPSA) is 61.7 Å². The maximum Gasteiger partial charge on any atom is 0.201 e. The van der Waals surface area contributed by atoms with Gasteiger partial charge in [0.05, 0.1) is 17.4 Å². The van der Waals surface area contributed by atoms with E-state index in [0.717, 1.165) is 37.0 Å². The number of hydrogen-bond donors (Lipinski definition) is 1. The normalized spacial score (nSPS) is 11.2. The largest absolute Gasteiger partial charge is 0.369 e. The summed E-state index contributed by atoms with van der Waals surface area (Å²) < 4.78 is 4.22. The number of fused-ring (bicyclic) bond motifs is 1. The molecule has 20 heavy (non-hydrogen) atoms. The molecule has 0 saturated heterocycles. The van der Waals surface area contributed by atoms with Gasteiger partial charge in [-0.3, -0.25) is 0 Å². The Hall–Kier alpha value is -2.30. The van der Waals surface area contributed by atoms with E-state index in [-0.39, 0.29) is 0 Å². The second-order valence-electron chi connectivity index (χ2n) is 5.07. The number of nitrogens with zero attached hydrogens (tertiary/aromatic N) is 4. The van der Waals surface area contributed by atoms with Gasteiger partial charge in [-0.2, -0.15) is 0 Å². The predicted octanol–water partition coefficient (Wildman–Crippen LogP) is 2.60. The van der Waals surface area contributed by atoms with Crippen LogP contribution in [0.4, 0.5) is 5.95 Å². The number of para-hydroxylation sites is 1. The summed E-state index contributed by atoms with van der Waals surface area (Å²) >= 11 is 0. The van der Waals surface area contributed by atoms with Gasteiger partial charge >= 0.3 is 0 Å². The Bertz CT molecular complexity index is 696. The lowest BCUT2D eigenvalue weighted by atomic mass is 10.2. The van der Waals surface area contributed by atoms with Crippen LogP contribution >= 0.6 is 0 Å². The number of hydrogen-bond acceptors (Lipinski definition) is 3. The van der Waals surface area contributed by atoms with Crippen molar-refractivity contribution < 1.29 is 0 Å². The fraction of sp³-hybridized carbons (Fsp3) is 0.333. The van der Waals surface area contributed by atoms with Crippen molar-refractivity contribution in [2.45, 2.75) is 32.9 Å².